The van der Waals surface area contributed by atoms with Gasteiger partial charge in [0.1, 0.15) is 28.7 Å². The van der Waals surface area contributed by atoms with Gasteiger partial charge >= 0.3 is 12.1 Å². The molecule has 2 heterocycles. The minimum Gasteiger partial charge on any atom is -0.475 e. The summed E-state index contributed by atoms with van der Waals surface area (Å²) in [6.45, 7) is 0.748. The Morgan fingerprint density at radius 3 is 2.20 bits per heavy atom. The monoisotopic (exact) mass is 747 g/mol. The number of hydrogen-bond donors (Lipinski definition) is 5. The third kappa shape index (κ3) is 11.4. The van der Waals surface area contributed by atoms with E-state index in [0.717, 1.165) is 6.20 Å². The molecular formula is C30H31F6N7O7S. The summed E-state index contributed by atoms with van der Waals surface area (Å²) in [5, 5.41) is 20.8. The number of nitrogens with one attached hydrogen (secondary N) is 4. The number of anilines is 2. The van der Waals surface area contributed by atoms with Gasteiger partial charge in [-0.2, -0.15) is 22.6 Å². The van der Waals surface area contributed by atoms with Gasteiger partial charge in [-0.05, 0) is 45.1 Å². The number of nitrogens with zero attached hydrogens (tertiary/aromatic N) is 3. The number of alkyl halides is 3. The number of carboxylic acid groups (broad SMARTS) is 1. The van der Waals surface area contributed by atoms with Gasteiger partial charge in [0, 0.05) is 49.6 Å². The number of aromatic amines is 1. The zero-order chi connectivity index (χ0) is 38.1. The highest BCUT2D eigenvalue weighted by Crippen LogP contribution is 2.24. The number of likely N-dealkylation sites (N-methyl/N-ethyl adjacent to an activating group) is 1. The fourth-order valence-corrected chi connectivity index (χ4v) is 5.95. The lowest BCUT2D eigenvalue weighted by Crippen LogP contribution is -2.46. The van der Waals surface area contributed by atoms with E-state index in [1.807, 2.05) is 19.0 Å². The van der Waals surface area contributed by atoms with Crippen LogP contribution in [0.15, 0.2) is 59.6 Å². The fraction of sp³-hybridized carbons (Fsp3) is 0.300. The van der Waals surface area contributed by atoms with Crippen LogP contribution in [-0.2, 0) is 19.6 Å². The molecule has 1 aromatic heterocycles. The van der Waals surface area contributed by atoms with E-state index in [-0.39, 0.29) is 42.2 Å². The van der Waals surface area contributed by atoms with E-state index in [2.05, 4.69) is 26.1 Å². The van der Waals surface area contributed by atoms with Gasteiger partial charge in [0.15, 0.2) is 0 Å². The highest BCUT2D eigenvalue weighted by atomic mass is 32.2. The molecule has 51 heavy (non-hydrogen) atoms. The van der Waals surface area contributed by atoms with E-state index in [9.17, 15) is 49.1 Å². The molecule has 0 atom stereocenters. The number of rotatable bonds is 10. The number of carbonyl (C=O) groups excluding carboxylic acids is 3. The normalized spacial score (nSPS) is 14.1. The molecule has 5 N–H and O–H groups in total. The number of halogens is 6. The van der Waals surface area contributed by atoms with Crippen molar-refractivity contribution in [3.63, 3.8) is 0 Å². The van der Waals surface area contributed by atoms with Crippen LogP contribution < -0.4 is 16.0 Å². The first-order chi connectivity index (χ1) is 23.8. The molecule has 14 nitrogen and oxygen atoms in total. The quantitative estimate of drug-likeness (QED) is 0.153. The van der Waals surface area contributed by atoms with E-state index >= 15 is 0 Å². The summed E-state index contributed by atoms with van der Waals surface area (Å²) < 4.78 is 101. The summed E-state index contributed by atoms with van der Waals surface area (Å²) in [7, 11) is -0.187. The summed E-state index contributed by atoms with van der Waals surface area (Å²) in [5.74, 6) is -9.12. The van der Waals surface area contributed by atoms with Crippen molar-refractivity contribution in [1.29, 1.82) is 0 Å². The number of carboxylic acids is 1. The van der Waals surface area contributed by atoms with Crippen LogP contribution in [0.25, 0.3) is 0 Å². The van der Waals surface area contributed by atoms with E-state index in [1.165, 1.54) is 28.6 Å². The second-order valence-corrected chi connectivity index (χ2v) is 12.9. The van der Waals surface area contributed by atoms with Crippen molar-refractivity contribution in [1.82, 2.24) is 24.7 Å². The van der Waals surface area contributed by atoms with E-state index < -0.39 is 68.9 Å². The molecule has 3 aromatic rings. The fourth-order valence-electron chi connectivity index (χ4n) is 4.43. The number of carbonyl (C=O) groups is 4. The Hall–Kier alpha value is -5.28. The van der Waals surface area contributed by atoms with Gasteiger partial charge in [-0.1, -0.05) is 12.1 Å². The first kappa shape index (κ1) is 40.2. The zero-order valence-electron chi connectivity index (χ0n) is 26.7. The minimum absolute atomic E-state index is 0.00179. The lowest BCUT2D eigenvalue weighted by Gasteiger charge is -2.31. The molecule has 2 aromatic carbocycles. The number of piperidine rings is 1. The number of amides is 3. The number of benzene rings is 2. The Labute approximate surface area is 286 Å². The maximum absolute atomic E-state index is 14.0. The lowest BCUT2D eigenvalue weighted by molar-refractivity contribution is -0.192. The van der Waals surface area contributed by atoms with Gasteiger partial charge in [0.05, 0.1) is 16.8 Å². The molecule has 3 amide bonds. The molecule has 0 bridgehead atoms. The standard InChI is InChI=1S/C28H30F3N7O5S.C2HF3O2/c1-37(2)10-4-7-24(39)33-19-5-3-6-20(15-19)44(42,43)38-11-8-18(9-12-38)34-28(41)26-23(16-32-36-26)35-27(40)25-21(30)13-17(29)14-22(25)31;3-2(4,5)1(6)7/h3-7,13-16,18H,8-12H2,1-2H3,(H,32,36)(H,33,39)(H,34,41)(H,35,40);(H,6,7)/b7-4+;. The van der Waals surface area contributed by atoms with Crippen molar-refractivity contribution in [2.45, 2.75) is 30.0 Å². The molecule has 0 saturated carbocycles. The molecule has 1 aliphatic heterocycles. The number of sulfonamides is 1. The van der Waals surface area contributed by atoms with Crippen LogP contribution in [0, 0.1) is 17.5 Å². The summed E-state index contributed by atoms with van der Waals surface area (Å²) in [6.07, 6.45) is -0.443. The third-order valence-electron chi connectivity index (χ3n) is 6.86. The molecule has 21 heteroatoms. The largest absolute Gasteiger partial charge is 0.490 e. The number of H-pyrrole nitrogens is 1. The first-order valence-corrected chi connectivity index (χ1v) is 16.1. The van der Waals surface area contributed by atoms with Crippen LogP contribution in [0.3, 0.4) is 0 Å². The average molecular weight is 748 g/mol. The Balaban J connectivity index is 0.000000908. The Bertz CT molecular complexity index is 1870. The molecule has 1 fully saturated rings. The van der Waals surface area contributed by atoms with Crippen LogP contribution in [0.1, 0.15) is 33.7 Å². The summed E-state index contributed by atoms with van der Waals surface area (Å²) in [4.78, 5) is 48.3. The van der Waals surface area contributed by atoms with Crippen molar-refractivity contribution in [3.05, 3.63) is 83.5 Å². The van der Waals surface area contributed by atoms with Gasteiger partial charge in [-0.25, -0.2) is 26.4 Å². The van der Waals surface area contributed by atoms with Crippen LogP contribution in [0.4, 0.5) is 37.7 Å². The second-order valence-electron chi connectivity index (χ2n) is 11.0. The average Bonchev–Trinajstić information content (AvgIpc) is 3.49. The summed E-state index contributed by atoms with van der Waals surface area (Å²) in [5.41, 5.74) is -1.08. The maximum atomic E-state index is 14.0. The molecule has 0 unspecified atom stereocenters. The molecule has 0 aliphatic carbocycles. The molecule has 1 aliphatic rings. The highest BCUT2D eigenvalue weighted by Gasteiger charge is 2.38. The van der Waals surface area contributed by atoms with Crippen molar-refractivity contribution in [2.75, 3.05) is 44.4 Å². The topological polar surface area (TPSA) is 194 Å². The number of aromatic nitrogens is 2. The van der Waals surface area contributed by atoms with Crippen LogP contribution in [0.5, 0.6) is 0 Å². The molecule has 0 radical (unpaired) electrons. The third-order valence-corrected chi connectivity index (χ3v) is 8.75. The summed E-state index contributed by atoms with van der Waals surface area (Å²) in [6, 6.07) is 6.18. The molecule has 1 saturated heterocycles. The molecular weight excluding hydrogens is 716 g/mol. The smallest absolute Gasteiger partial charge is 0.475 e. The van der Waals surface area contributed by atoms with Crippen LogP contribution in [-0.4, -0.2) is 103 Å². The number of aliphatic carboxylic acids is 1. The van der Waals surface area contributed by atoms with Crippen molar-refractivity contribution in [2.24, 2.45) is 0 Å². The Kier molecular flexibility index (Phi) is 13.5. The Morgan fingerprint density at radius 2 is 1.63 bits per heavy atom. The van der Waals surface area contributed by atoms with Gasteiger partial charge in [0.2, 0.25) is 15.9 Å². The van der Waals surface area contributed by atoms with E-state index in [0.29, 0.717) is 24.4 Å². The van der Waals surface area contributed by atoms with E-state index in [4.69, 9.17) is 9.90 Å². The van der Waals surface area contributed by atoms with E-state index in [1.54, 1.807) is 12.1 Å². The van der Waals surface area contributed by atoms with Gasteiger partial charge in [-0.15, -0.1) is 0 Å². The van der Waals surface area contributed by atoms with Gasteiger partial charge < -0.3 is 26.0 Å². The Morgan fingerprint density at radius 1 is 1.02 bits per heavy atom. The SMILES string of the molecule is CN(C)C/C=C/C(=O)Nc1cccc(S(=O)(=O)N2CCC(NC(=O)c3[nH]ncc3NC(=O)c3c(F)cc(F)cc3F)CC2)c1.O=C(O)C(F)(F)F. The maximum Gasteiger partial charge on any atom is 0.490 e. The second kappa shape index (κ2) is 17.1. The van der Waals surface area contributed by atoms with Gasteiger partial charge in [-0.3, -0.25) is 19.5 Å². The van der Waals surface area contributed by atoms with Crippen LogP contribution in [0.2, 0.25) is 0 Å². The van der Waals surface area contributed by atoms with Gasteiger partial charge in [0.25, 0.3) is 11.8 Å². The zero-order valence-corrected chi connectivity index (χ0v) is 27.5. The summed E-state index contributed by atoms with van der Waals surface area (Å²) >= 11 is 0. The molecule has 276 valence electrons. The van der Waals surface area contributed by atoms with Crippen molar-refractivity contribution < 1.29 is 59.0 Å². The van der Waals surface area contributed by atoms with Crippen molar-refractivity contribution in [3.8, 4) is 0 Å². The predicted molar refractivity (Wildman–Crippen MR) is 169 cm³/mol. The minimum atomic E-state index is -5.08. The first-order valence-electron chi connectivity index (χ1n) is 14.6. The predicted octanol–water partition coefficient (Wildman–Crippen LogP) is 3.35. The molecule has 0 spiro atoms. The highest BCUT2D eigenvalue weighted by molar-refractivity contribution is 7.89. The van der Waals surface area contributed by atoms with Crippen molar-refractivity contribution >= 4 is 45.1 Å². The molecule has 4 rings (SSSR count). The number of hydrogen-bond acceptors (Lipinski definition) is 8. The lowest BCUT2D eigenvalue weighted by atomic mass is 10.1. The van der Waals surface area contributed by atoms with Crippen LogP contribution >= 0.6 is 0 Å².